The summed E-state index contributed by atoms with van der Waals surface area (Å²) in [7, 11) is 0. The summed E-state index contributed by atoms with van der Waals surface area (Å²) in [6.07, 6.45) is 3.25. The first-order chi connectivity index (χ1) is 8.69. The van der Waals surface area contributed by atoms with Crippen LogP contribution in [-0.4, -0.2) is 21.2 Å². The number of H-pyrrole nitrogens is 1. The molecular weight excluding hydrogens is 268 g/mol. The Labute approximate surface area is 115 Å². The molecule has 0 bridgehead atoms. The predicted molar refractivity (Wildman–Crippen MR) is 73.9 cm³/mol. The maximum atomic E-state index is 6.04. The van der Waals surface area contributed by atoms with Crippen molar-refractivity contribution in [1.82, 2.24) is 15.2 Å². The molecule has 2 aromatic rings. The predicted octanol–water partition coefficient (Wildman–Crippen LogP) is 2.89. The average molecular weight is 283 g/mol. The third-order valence-corrected chi connectivity index (χ3v) is 3.87. The molecule has 6 heteroatoms. The van der Waals surface area contributed by atoms with E-state index < -0.39 is 0 Å². The summed E-state index contributed by atoms with van der Waals surface area (Å²) in [5.41, 5.74) is 7.16. The molecule has 0 aliphatic heterocycles. The second-order valence-electron chi connectivity index (χ2n) is 4.02. The minimum Gasteiger partial charge on any atom is -0.327 e. The third kappa shape index (κ3) is 3.48. The topological polar surface area (TPSA) is 67.6 Å². The van der Waals surface area contributed by atoms with Gasteiger partial charge in [-0.05, 0) is 36.6 Å². The van der Waals surface area contributed by atoms with Gasteiger partial charge in [0.15, 0.2) is 5.16 Å². The standard InChI is InChI=1S/C12H15ClN4S/c1-2-10(14)6-8-5-9(13)3-4-11(8)18-12-15-7-16-17-12/h3-5,7,10H,2,6,14H2,1H3,(H,15,16,17). The van der Waals surface area contributed by atoms with Gasteiger partial charge in [0.25, 0.3) is 0 Å². The summed E-state index contributed by atoms with van der Waals surface area (Å²) < 4.78 is 0. The molecule has 18 heavy (non-hydrogen) atoms. The van der Waals surface area contributed by atoms with Gasteiger partial charge in [-0.2, -0.15) is 5.10 Å². The maximum Gasteiger partial charge on any atom is 0.188 e. The highest BCUT2D eigenvalue weighted by atomic mass is 35.5. The van der Waals surface area contributed by atoms with Gasteiger partial charge in [0, 0.05) is 16.0 Å². The zero-order valence-electron chi connectivity index (χ0n) is 10.1. The van der Waals surface area contributed by atoms with Crippen LogP contribution >= 0.6 is 23.4 Å². The lowest BCUT2D eigenvalue weighted by molar-refractivity contribution is 0.641. The smallest absolute Gasteiger partial charge is 0.188 e. The Morgan fingerprint density at radius 3 is 3.00 bits per heavy atom. The Kier molecular flexibility index (Phi) is 4.63. The molecule has 3 N–H and O–H groups in total. The molecule has 1 unspecified atom stereocenters. The molecule has 2 rings (SSSR count). The van der Waals surface area contributed by atoms with E-state index in [1.165, 1.54) is 18.1 Å². The van der Waals surface area contributed by atoms with Crippen molar-refractivity contribution in [3.8, 4) is 0 Å². The van der Waals surface area contributed by atoms with Crippen molar-refractivity contribution in [3.05, 3.63) is 35.1 Å². The van der Waals surface area contributed by atoms with Gasteiger partial charge in [-0.25, -0.2) is 4.98 Å². The Hall–Kier alpha value is -1.04. The van der Waals surface area contributed by atoms with Crippen LogP contribution in [0.15, 0.2) is 34.6 Å². The molecule has 0 saturated heterocycles. The van der Waals surface area contributed by atoms with E-state index >= 15 is 0 Å². The van der Waals surface area contributed by atoms with Crippen LogP contribution in [0.1, 0.15) is 18.9 Å². The van der Waals surface area contributed by atoms with E-state index in [0.717, 1.165) is 33.5 Å². The van der Waals surface area contributed by atoms with Gasteiger partial charge in [0.05, 0.1) is 0 Å². The van der Waals surface area contributed by atoms with Crippen LogP contribution in [0.5, 0.6) is 0 Å². The number of nitrogens with two attached hydrogens (primary N) is 1. The first-order valence-electron chi connectivity index (χ1n) is 5.76. The third-order valence-electron chi connectivity index (χ3n) is 2.63. The molecule has 0 spiro atoms. The molecule has 0 saturated carbocycles. The lowest BCUT2D eigenvalue weighted by Crippen LogP contribution is -2.21. The number of hydrogen-bond acceptors (Lipinski definition) is 4. The monoisotopic (exact) mass is 282 g/mol. The normalized spacial score (nSPS) is 12.6. The Morgan fingerprint density at radius 2 is 2.33 bits per heavy atom. The Balaban J connectivity index is 2.22. The van der Waals surface area contributed by atoms with Crippen LogP contribution in [0, 0.1) is 0 Å². The number of halogens is 1. The van der Waals surface area contributed by atoms with Gasteiger partial charge in [-0.15, -0.1) is 0 Å². The van der Waals surface area contributed by atoms with Crippen molar-refractivity contribution in [3.63, 3.8) is 0 Å². The van der Waals surface area contributed by atoms with Crippen molar-refractivity contribution in [2.45, 2.75) is 35.9 Å². The van der Waals surface area contributed by atoms with E-state index in [9.17, 15) is 0 Å². The molecule has 1 heterocycles. The molecule has 1 aromatic heterocycles. The average Bonchev–Trinajstić information content (AvgIpc) is 2.85. The van der Waals surface area contributed by atoms with Gasteiger partial charge in [-0.3, -0.25) is 5.10 Å². The van der Waals surface area contributed by atoms with Crippen LogP contribution in [-0.2, 0) is 6.42 Å². The van der Waals surface area contributed by atoms with Crippen LogP contribution in [0.2, 0.25) is 5.02 Å². The summed E-state index contributed by atoms with van der Waals surface area (Å²) in [5.74, 6) is 0. The number of nitrogens with zero attached hydrogens (tertiary/aromatic N) is 2. The number of benzene rings is 1. The van der Waals surface area contributed by atoms with Crippen molar-refractivity contribution in [2.75, 3.05) is 0 Å². The summed E-state index contributed by atoms with van der Waals surface area (Å²) in [5, 5.41) is 8.17. The van der Waals surface area contributed by atoms with E-state index in [1.54, 1.807) is 0 Å². The number of hydrogen-bond donors (Lipinski definition) is 2. The molecule has 1 atom stereocenters. The summed E-state index contributed by atoms with van der Waals surface area (Å²) in [6, 6.07) is 5.99. The van der Waals surface area contributed by atoms with Crippen LogP contribution in [0.4, 0.5) is 0 Å². The van der Waals surface area contributed by atoms with E-state index in [0.29, 0.717) is 0 Å². The minimum atomic E-state index is 0.151. The van der Waals surface area contributed by atoms with Crippen molar-refractivity contribution in [1.29, 1.82) is 0 Å². The van der Waals surface area contributed by atoms with Crippen LogP contribution in [0.3, 0.4) is 0 Å². The van der Waals surface area contributed by atoms with Crippen molar-refractivity contribution in [2.24, 2.45) is 5.73 Å². The van der Waals surface area contributed by atoms with Gasteiger partial charge < -0.3 is 5.73 Å². The zero-order chi connectivity index (χ0) is 13.0. The fourth-order valence-electron chi connectivity index (χ4n) is 1.58. The first-order valence-corrected chi connectivity index (χ1v) is 6.95. The van der Waals surface area contributed by atoms with E-state index in [2.05, 4.69) is 22.1 Å². The van der Waals surface area contributed by atoms with E-state index in [1.807, 2.05) is 18.2 Å². The minimum absolute atomic E-state index is 0.151. The van der Waals surface area contributed by atoms with Gasteiger partial charge >= 0.3 is 0 Å². The van der Waals surface area contributed by atoms with E-state index in [-0.39, 0.29) is 6.04 Å². The summed E-state index contributed by atoms with van der Waals surface area (Å²) >= 11 is 7.58. The lowest BCUT2D eigenvalue weighted by Gasteiger charge is -2.12. The number of nitrogens with one attached hydrogen (secondary N) is 1. The second kappa shape index (κ2) is 6.22. The Bertz CT molecular complexity index is 501. The first kappa shape index (κ1) is 13.4. The van der Waals surface area contributed by atoms with Crippen molar-refractivity contribution < 1.29 is 0 Å². The summed E-state index contributed by atoms with van der Waals surface area (Å²) in [6.45, 7) is 2.08. The fourth-order valence-corrected chi connectivity index (χ4v) is 2.59. The zero-order valence-corrected chi connectivity index (χ0v) is 11.6. The molecule has 0 aliphatic rings. The molecule has 0 radical (unpaired) electrons. The molecule has 0 amide bonds. The number of aromatic amines is 1. The summed E-state index contributed by atoms with van der Waals surface area (Å²) in [4.78, 5) is 5.22. The highest BCUT2D eigenvalue weighted by Gasteiger charge is 2.10. The molecular formula is C12H15ClN4S. The quantitative estimate of drug-likeness (QED) is 0.885. The molecule has 96 valence electrons. The number of aromatic nitrogens is 3. The van der Waals surface area contributed by atoms with Crippen molar-refractivity contribution >= 4 is 23.4 Å². The van der Waals surface area contributed by atoms with E-state index in [4.69, 9.17) is 17.3 Å². The highest BCUT2D eigenvalue weighted by Crippen LogP contribution is 2.30. The van der Waals surface area contributed by atoms with Gasteiger partial charge in [0.2, 0.25) is 0 Å². The lowest BCUT2D eigenvalue weighted by atomic mass is 10.0. The van der Waals surface area contributed by atoms with Gasteiger partial charge in [-0.1, -0.05) is 30.3 Å². The molecule has 0 fully saturated rings. The molecule has 0 aliphatic carbocycles. The van der Waals surface area contributed by atoms with Gasteiger partial charge in [0.1, 0.15) is 6.33 Å². The number of rotatable bonds is 5. The SMILES string of the molecule is CCC(N)Cc1cc(Cl)ccc1Sc1ncn[nH]1. The Morgan fingerprint density at radius 1 is 1.50 bits per heavy atom. The largest absolute Gasteiger partial charge is 0.327 e. The van der Waals surface area contributed by atoms with Crippen LogP contribution < -0.4 is 5.73 Å². The molecule has 4 nitrogen and oxygen atoms in total. The fraction of sp³-hybridized carbons (Fsp3) is 0.333. The second-order valence-corrected chi connectivity index (χ2v) is 5.48. The molecule has 1 aromatic carbocycles. The highest BCUT2D eigenvalue weighted by molar-refractivity contribution is 7.99. The van der Waals surface area contributed by atoms with Crippen LogP contribution in [0.25, 0.3) is 0 Å². The maximum absolute atomic E-state index is 6.04.